The van der Waals surface area contributed by atoms with Gasteiger partial charge in [-0.3, -0.25) is 37.3 Å². The summed E-state index contributed by atoms with van der Waals surface area (Å²) in [5.74, 6) is -0.687. The van der Waals surface area contributed by atoms with Crippen LogP contribution >= 0.6 is 15.6 Å². The van der Waals surface area contributed by atoms with Crippen molar-refractivity contribution in [3.63, 3.8) is 0 Å². The molecule has 0 aromatic carbocycles. The van der Waals surface area contributed by atoms with Crippen molar-refractivity contribution in [1.82, 2.24) is 0 Å². The Kier molecular flexibility index (Phi) is 73.1. The number of unbranched alkanes of at least 4 members (excludes halogenated alkanes) is 51. The molecule has 17 nitrogen and oxygen atoms in total. The Balaban J connectivity index is 5.18. The van der Waals surface area contributed by atoms with Crippen LogP contribution in [0, 0.1) is 11.8 Å². The number of rotatable bonds is 82. The Labute approximate surface area is 626 Å². The van der Waals surface area contributed by atoms with Gasteiger partial charge in [-0.05, 0) is 37.5 Å². The molecule has 0 rings (SSSR count). The summed E-state index contributed by atoms with van der Waals surface area (Å²) < 4.78 is 68.7. The van der Waals surface area contributed by atoms with Gasteiger partial charge in [0.1, 0.15) is 19.3 Å². The van der Waals surface area contributed by atoms with Gasteiger partial charge in [0.05, 0.1) is 26.4 Å². The fraction of sp³-hybridized carbons (Fsp3) is 0.952. The molecule has 0 saturated carbocycles. The molecule has 0 saturated heterocycles. The molecular weight excluding hydrogens is 1330 g/mol. The van der Waals surface area contributed by atoms with Crippen LogP contribution in [0.1, 0.15) is 440 Å². The lowest BCUT2D eigenvalue weighted by Crippen LogP contribution is -2.30. The molecule has 3 unspecified atom stereocenters. The average molecular weight is 1490 g/mol. The van der Waals surface area contributed by atoms with Crippen molar-refractivity contribution in [3.05, 3.63) is 0 Å². The van der Waals surface area contributed by atoms with Crippen LogP contribution in [0.15, 0.2) is 0 Å². The van der Waals surface area contributed by atoms with Gasteiger partial charge in [0.2, 0.25) is 0 Å². The van der Waals surface area contributed by atoms with Gasteiger partial charge in [-0.25, -0.2) is 9.13 Å². The van der Waals surface area contributed by atoms with Gasteiger partial charge in [0, 0.05) is 25.7 Å². The highest BCUT2D eigenvalue weighted by Gasteiger charge is 2.30. The molecule has 0 radical (unpaired) electrons. The Bertz CT molecular complexity index is 1960. The van der Waals surface area contributed by atoms with Gasteiger partial charge >= 0.3 is 39.5 Å². The van der Waals surface area contributed by atoms with Crippen molar-refractivity contribution in [2.75, 3.05) is 39.6 Å². The van der Waals surface area contributed by atoms with E-state index in [-0.39, 0.29) is 25.7 Å². The molecular formula is C83H162O17P2. The van der Waals surface area contributed by atoms with Crippen LogP contribution in [0.5, 0.6) is 0 Å². The van der Waals surface area contributed by atoms with Crippen molar-refractivity contribution in [2.24, 2.45) is 11.8 Å². The van der Waals surface area contributed by atoms with E-state index in [1.807, 2.05) is 0 Å². The fourth-order valence-electron chi connectivity index (χ4n) is 12.9. The summed E-state index contributed by atoms with van der Waals surface area (Å²) in [5.41, 5.74) is 0. The van der Waals surface area contributed by atoms with E-state index < -0.39 is 97.5 Å². The van der Waals surface area contributed by atoms with E-state index >= 15 is 0 Å². The van der Waals surface area contributed by atoms with Gasteiger partial charge in [-0.15, -0.1) is 0 Å². The van der Waals surface area contributed by atoms with Crippen LogP contribution in [0.3, 0.4) is 0 Å². The predicted molar refractivity (Wildman–Crippen MR) is 418 cm³/mol. The highest BCUT2D eigenvalue weighted by Crippen LogP contribution is 2.45. The quantitative estimate of drug-likeness (QED) is 0.0222. The molecule has 0 fully saturated rings. The fourth-order valence-corrected chi connectivity index (χ4v) is 14.4. The first-order valence-electron chi connectivity index (χ1n) is 43.0. The van der Waals surface area contributed by atoms with Gasteiger partial charge in [-0.2, -0.15) is 0 Å². The number of carbonyl (C=O) groups excluding carboxylic acids is 4. The zero-order valence-corrected chi connectivity index (χ0v) is 68.7. The number of hydrogen-bond donors (Lipinski definition) is 3. The van der Waals surface area contributed by atoms with E-state index in [0.717, 1.165) is 102 Å². The number of phosphoric ester groups is 2. The van der Waals surface area contributed by atoms with E-state index in [1.54, 1.807) is 0 Å². The van der Waals surface area contributed by atoms with Crippen molar-refractivity contribution in [3.8, 4) is 0 Å². The second-order valence-corrected chi connectivity index (χ2v) is 33.5. The standard InChI is InChI=1S/C83H162O17P2/c1-7-10-12-14-16-18-20-22-24-26-28-30-32-34-36-38-40-42-46-53-59-65-80(85)93-71-78(99-82(87)67-61-55-47-43-41-39-37-35-33-31-29-27-25-23-21-19-17-15-13-11-8-2)73-97-101(89,90)95-69-77(84)70-96-102(91,92)98-74-79(100-83(88)68-62-56-48-44-45-51-57-63-75(4)5)72-94-81(86)66-60-54-50-49-52-58-64-76(6)9-3/h75-79,84H,7-74H2,1-6H3,(H,89,90)(H,91,92)/t76?,77-,78-,79-/m1/s1. The zero-order valence-electron chi connectivity index (χ0n) is 66.9. The Morgan fingerprint density at radius 3 is 0.745 bits per heavy atom. The molecule has 6 atom stereocenters. The number of carbonyl (C=O) groups is 4. The molecule has 0 aromatic heterocycles. The lowest BCUT2D eigenvalue weighted by atomic mass is 10.00. The van der Waals surface area contributed by atoms with E-state index in [9.17, 15) is 43.2 Å². The normalized spacial score (nSPS) is 14.1. The molecule has 0 heterocycles. The molecule has 0 aliphatic heterocycles. The zero-order chi connectivity index (χ0) is 74.9. The van der Waals surface area contributed by atoms with Crippen molar-refractivity contribution >= 4 is 39.5 Å². The minimum absolute atomic E-state index is 0.103. The number of aliphatic hydroxyl groups is 1. The molecule has 0 amide bonds. The first-order chi connectivity index (χ1) is 49.4. The monoisotopic (exact) mass is 1490 g/mol. The SMILES string of the molecule is CCCCCCCCCCCCCCCCCCCCCCCC(=O)OC[C@H](COP(=O)(O)OC[C@@H](O)COP(=O)(O)OC[C@@H](COC(=O)CCCCCCCCC(C)CC)OC(=O)CCCCCCCCCC(C)C)OC(=O)CCCCCCCCCCCCCCCCCCCCCCC. The smallest absolute Gasteiger partial charge is 0.462 e. The minimum Gasteiger partial charge on any atom is -0.462 e. The predicted octanol–water partition coefficient (Wildman–Crippen LogP) is 25.1. The first kappa shape index (κ1) is 100. The molecule has 0 aromatic rings. The number of phosphoric acid groups is 2. The second-order valence-electron chi connectivity index (χ2n) is 30.6. The van der Waals surface area contributed by atoms with E-state index in [0.29, 0.717) is 31.6 Å². The van der Waals surface area contributed by atoms with Crippen molar-refractivity contribution in [1.29, 1.82) is 0 Å². The first-order valence-corrected chi connectivity index (χ1v) is 46.0. The van der Waals surface area contributed by atoms with Gasteiger partial charge in [-0.1, -0.05) is 388 Å². The second kappa shape index (κ2) is 74.5. The summed E-state index contributed by atoms with van der Waals surface area (Å²) in [6.45, 7) is 9.53. The third-order valence-corrected chi connectivity index (χ3v) is 21.7. The summed E-state index contributed by atoms with van der Waals surface area (Å²) >= 11 is 0. The van der Waals surface area contributed by atoms with Gasteiger partial charge < -0.3 is 33.8 Å². The number of hydrogen-bond acceptors (Lipinski definition) is 15. The van der Waals surface area contributed by atoms with Crippen LogP contribution in [0.25, 0.3) is 0 Å². The molecule has 0 aliphatic rings. The molecule has 3 N–H and O–H groups in total. The summed E-state index contributed by atoms with van der Waals surface area (Å²) in [4.78, 5) is 73.0. The number of aliphatic hydroxyl groups excluding tert-OH is 1. The highest BCUT2D eigenvalue weighted by molar-refractivity contribution is 7.47. The van der Waals surface area contributed by atoms with Crippen LogP contribution in [-0.2, 0) is 65.4 Å². The van der Waals surface area contributed by atoms with Crippen LogP contribution in [0.4, 0.5) is 0 Å². The summed E-state index contributed by atoms with van der Waals surface area (Å²) in [6.07, 6.45) is 65.7. The number of esters is 4. The lowest BCUT2D eigenvalue weighted by Gasteiger charge is -2.21. The van der Waals surface area contributed by atoms with Crippen molar-refractivity contribution in [2.45, 2.75) is 458 Å². The Hall–Kier alpha value is -1.94. The summed E-state index contributed by atoms with van der Waals surface area (Å²) in [6, 6.07) is 0. The van der Waals surface area contributed by atoms with E-state index in [2.05, 4.69) is 41.5 Å². The molecule has 102 heavy (non-hydrogen) atoms. The van der Waals surface area contributed by atoms with Gasteiger partial charge in [0.15, 0.2) is 12.2 Å². The maximum absolute atomic E-state index is 13.1. The number of ether oxygens (including phenoxy) is 4. The highest BCUT2D eigenvalue weighted by atomic mass is 31.2. The van der Waals surface area contributed by atoms with Crippen molar-refractivity contribution < 1.29 is 80.2 Å². The molecule has 606 valence electrons. The Morgan fingerprint density at radius 1 is 0.284 bits per heavy atom. The topological polar surface area (TPSA) is 237 Å². The Morgan fingerprint density at radius 2 is 0.500 bits per heavy atom. The molecule has 0 spiro atoms. The van der Waals surface area contributed by atoms with Gasteiger partial charge in [0.25, 0.3) is 0 Å². The van der Waals surface area contributed by atoms with Crippen LogP contribution in [0.2, 0.25) is 0 Å². The average Bonchev–Trinajstić information content (AvgIpc) is 0.915. The van der Waals surface area contributed by atoms with Crippen LogP contribution in [-0.4, -0.2) is 96.7 Å². The largest absolute Gasteiger partial charge is 0.472 e. The third kappa shape index (κ3) is 74.9. The van der Waals surface area contributed by atoms with E-state index in [1.165, 1.54) is 250 Å². The van der Waals surface area contributed by atoms with E-state index in [4.69, 9.17) is 37.0 Å². The molecule has 19 heteroatoms. The molecule has 0 bridgehead atoms. The summed E-state index contributed by atoms with van der Waals surface area (Å²) in [5, 5.41) is 10.6. The summed E-state index contributed by atoms with van der Waals surface area (Å²) in [7, 11) is -9.92. The van der Waals surface area contributed by atoms with Crippen LogP contribution < -0.4 is 0 Å². The maximum atomic E-state index is 13.1. The third-order valence-electron chi connectivity index (χ3n) is 19.8. The minimum atomic E-state index is -4.96. The molecule has 0 aliphatic carbocycles. The maximum Gasteiger partial charge on any atom is 0.472 e. The lowest BCUT2D eigenvalue weighted by molar-refractivity contribution is -0.161.